The largest absolute Gasteiger partial charge is 0.423 e. The number of fused-ring (bicyclic) bond motifs is 1. The first-order valence-corrected chi connectivity index (χ1v) is 6.44. The molecule has 0 aliphatic rings. The molecule has 1 aromatic carbocycles. The molecule has 0 unspecified atom stereocenters. The molecule has 0 radical (unpaired) electrons. The van der Waals surface area contributed by atoms with Crippen molar-refractivity contribution in [1.82, 2.24) is 14.8 Å². The van der Waals surface area contributed by atoms with Gasteiger partial charge in [0.2, 0.25) is 0 Å². The fourth-order valence-corrected chi connectivity index (χ4v) is 2.11. The molecule has 20 heavy (non-hydrogen) atoms. The molecule has 0 aliphatic carbocycles. The Labute approximate surface area is 115 Å². The first kappa shape index (κ1) is 12.7. The fraction of sp³-hybridized carbons (Fsp3) is 0.286. The summed E-state index contributed by atoms with van der Waals surface area (Å²) >= 11 is 0. The van der Waals surface area contributed by atoms with E-state index < -0.39 is 0 Å². The summed E-state index contributed by atoms with van der Waals surface area (Å²) in [6, 6.07) is 4.84. The van der Waals surface area contributed by atoms with Crippen molar-refractivity contribution in [3.63, 3.8) is 0 Å². The van der Waals surface area contributed by atoms with E-state index in [4.69, 9.17) is 4.42 Å². The molecule has 6 heteroatoms. The molecule has 0 spiro atoms. The van der Waals surface area contributed by atoms with Crippen molar-refractivity contribution < 1.29 is 8.81 Å². The molecule has 0 saturated heterocycles. The first-order chi connectivity index (χ1) is 9.65. The van der Waals surface area contributed by atoms with Gasteiger partial charge in [0.05, 0.1) is 12.7 Å². The lowest BCUT2D eigenvalue weighted by Crippen LogP contribution is -2.21. The quantitative estimate of drug-likeness (QED) is 0.734. The maximum absolute atomic E-state index is 13.2. The molecule has 3 aromatic rings. The number of hydrogen-bond donors (Lipinski definition) is 0. The highest BCUT2D eigenvalue weighted by atomic mass is 19.1. The molecule has 0 aliphatic heterocycles. The van der Waals surface area contributed by atoms with Gasteiger partial charge in [0.25, 0.3) is 6.01 Å². The van der Waals surface area contributed by atoms with Crippen LogP contribution in [0.3, 0.4) is 0 Å². The average Bonchev–Trinajstić information content (AvgIpc) is 3.01. The Morgan fingerprint density at radius 1 is 1.40 bits per heavy atom. The smallest absolute Gasteiger partial charge is 0.298 e. The minimum absolute atomic E-state index is 0.312. The number of aromatic nitrogens is 3. The third-order valence-electron chi connectivity index (χ3n) is 3.12. The molecule has 3 rings (SSSR count). The van der Waals surface area contributed by atoms with E-state index in [9.17, 15) is 4.39 Å². The summed E-state index contributed by atoms with van der Waals surface area (Å²) in [5.41, 5.74) is 2.19. The third-order valence-corrected chi connectivity index (χ3v) is 3.12. The van der Waals surface area contributed by atoms with Gasteiger partial charge in [-0.25, -0.2) is 4.39 Å². The van der Waals surface area contributed by atoms with Crippen molar-refractivity contribution in [1.29, 1.82) is 0 Å². The van der Waals surface area contributed by atoms with E-state index in [0.29, 0.717) is 23.7 Å². The highest BCUT2D eigenvalue weighted by Crippen LogP contribution is 2.23. The molecular weight excluding hydrogens is 259 g/mol. The Kier molecular flexibility index (Phi) is 3.14. The Morgan fingerprint density at radius 3 is 2.95 bits per heavy atom. The maximum Gasteiger partial charge on any atom is 0.298 e. The lowest BCUT2D eigenvalue weighted by Gasteiger charge is -2.16. The number of oxazole rings is 1. The predicted octanol–water partition coefficient (Wildman–Crippen LogP) is 2.73. The van der Waals surface area contributed by atoms with Crippen LogP contribution in [0, 0.1) is 5.82 Å². The van der Waals surface area contributed by atoms with Gasteiger partial charge in [-0.1, -0.05) is 0 Å². The van der Waals surface area contributed by atoms with Gasteiger partial charge in [-0.05, 0) is 19.1 Å². The number of anilines is 1. The number of benzene rings is 1. The highest BCUT2D eigenvalue weighted by molar-refractivity contribution is 5.74. The SMILES string of the molecule is CCN(Cc1cnn(C)c1)c1nc2cc(F)ccc2o1. The summed E-state index contributed by atoms with van der Waals surface area (Å²) in [6.45, 7) is 3.41. The summed E-state index contributed by atoms with van der Waals surface area (Å²) < 4.78 is 20.6. The van der Waals surface area contributed by atoms with Crippen molar-refractivity contribution in [2.24, 2.45) is 7.05 Å². The van der Waals surface area contributed by atoms with Crippen LogP contribution in [0.1, 0.15) is 12.5 Å². The molecule has 0 N–H and O–H groups in total. The zero-order valence-corrected chi connectivity index (χ0v) is 11.4. The topological polar surface area (TPSA) is 47.1 Å². The monoisotopic (exact) mass is 274 g/mol. The van der Waals surface area contributed by atoms with Gasteiger partial charge in [0.15, 0.2) is 5.58 Å². The van der Waals surface area contributed by atoms with Crippen molar-refractivity contribution in [2.75, 3.05) is 11.4 Å². The number of hydrogen-bond acceptors (Lipinski definition) is 4. The third kappa shape index (κ3) is 2.36. The van der Waals surface area contributed by atoms with Crippen LogP contribution in [0.25, 0.3) is 11.1 Å². The van der Waals surface area contributed by atoms with E-state index in [1.54, 1.807) is 10.7 Å². The minimum Gasteiger partial charge on any atom is -0.423 e. The van der Waals surface area contributed by atoms with E-state index >= 15 is 0 Å². The molecule has 0 amide bonds. The lowest BCUT2D eigenvalue weighted by molar-refractivity contribution is 0.569. The summed E-state index contributed by atoms with van der Waals surface area (Å²) in [4.78, 5) is 6.32. The molecule has 2 heterocycles. The van der Waals surface area contributed by atoms with E-state index in [0.717, 1.165) is 12.1 Å². The van der Waals surface area contributed by atoms with Crippen molar-refractivity contribution >= 4 is 17.1 Å². The number of aryl methyl sites for hydroxylation is 1. The van der Waals surface area contributed by atoms with Crippen LogP contribution >= 0.6 is 0 Å². The van der Waals surface area contributed by atoms with Crippen LogP contribution < -0.4 is 4.90 Å². The summed E-state index contributed by atoms with van der Waals surface area (Å²) in [5, 5.41) is 4.14. The highest BCUT2D eigenvalue weighted by Gasteiger charge is 2.14. The van der Waals surface area contributed by atoms with Gasteiger partial charge in [0, 0.05) is 31.4 Å². The number of rotatable bonds is 4. The van der Waals surface area contributed by atoms with E-state index in [1.165, 1.54) is 12.1 Å². The Morgan fingerprint density at radius 2 is 2.25 bits per heavy atom. The van der Waals surface area contributed by atoms with Crippen molar-refractivity contribution in [3.05, 3.63) is 42.0 Å². The second-order valence-corrected chi connectivity index (χ2v) is 4.64. The van der Waals surface area contributed by atoms with E-state index in [-0.39, 0.29) is 5.82 Å². The van der Waals surface area contributed by atoms with E-state index in [1.807, 2.05) is 31.3 Å². The normalized spacial score (nSPS) is 11.2. The predicted molar refractivity (Wildman–Crippen MR) is 73.9 cm³/mol. The summed E-state index contributed by atoms with van der Waals surface area (Å²) in [5.74, 6) is -0.312. The molecule has 0 saturated carbocycles. The van der Waals surface area contributed by atoms with Crippen LogP contribution in [0.5, 0.6) is 0 Å². The second-order valence-electron chi connectivity index (χ2n) is 4.64. The molecule has 0 atom stereocenters. The van der Waals surface area contributed by atoms with Crippen LogP contribution in [-0.4, -0.2) is 21.3 Å². The van der Waals surface area contributed by atoms with Gasteiger partial charge < -0.3 is 9.32 Å². The Balaban J connectivity index is 1.90. The van der Waals surface area contributed by atoms with Crippen LogP contribution in [-0.2, 0) is 13.6 Å². The standard InChI is InChI=1S/C14H15FN4O/c1-3-19(9-10-7-16-18(2)8-10)14-17-12-6-11(15)4-5-13(12)20-14/h4-8H,3,9H2,1-2H3. The van der Waals surface area contributed by atoms with Crippen molar-refractivity contribution in [2.45, 2.75) is 13.5 Å². The number of halogens is 1. The Bertz CT molecular complexity index is 734. The van der Waals surface area contributed by atoms with Crippen LogP contribution in [0.4, 0.5) is 10.4 Å². The van der Waals surface area contributed by atoms with Gasteiger partial charge in [-0.2, -0.15) is 10.1 Å². The van der Waals surface area contributed by atoms with Gasteiger partial charge in [-0.3, -0.25) is 4.68 Å². The molecule has 0 bridgehead atoms. The molecule has 2 aromatic heterocycles. The zero-order valence-electron chi connectivity index (χ0n) is 11.4. The first-order valence-electron chi connectivity index (χ1n) is 6.44. The van der Waals surface area contributed by atoms with Gasteiger partial charge in [-0.15, -0.1) is 0 Å². The molecule has 104 valence electrons. The molecule has 0 fully saturated rings. The van der Waals surface area contributed by atoms with Crippen LogP contribution in [0.15, 0.2) is 35.0 Å². The van der Waals surface area contributed by atoms with Crippen LogP contribution in [0.2, 0.25) is 0 Å². The van der Waals surface area contributed by atoms with Crippen molar-refractivity contribution in [3.8, 4) is 0 Å². The molecular formula is C14H15FN4O. The summed E-state index contributed by atoms with van der Waals surface area (Å²) in [7, 11) is 1.88. The fourth-order valence-electron chi connectivity index (χ4n) is 2.11. The minimum atomic E-state index is -0.312. The average molecular weight is 274 g/mol. The van der Waals surface area contributed by atoms with E-state index in [2.05, 4.69) is 10.1 Å². The summed E-state index contributed by atoms with van der Waals surface area (Å²) in [6.07, 6.45) is 3.76. The second kappa shape index (κ2) is 4.96. The Hall–Kier alpha value is -2.37. The number of nitrogens with zero attached hydrogens (tertiary/aromatic N) is 4. The lowest BCUT2D eigenvalue weighted by atomic mass is 10.3. The zero-order chi connectivity index (χ0) is 14.1. The van der Waals surface area contributed by atoms with Gasteiger partial charge >= 0.3 is 0 Å². The van der Waals surface area contributed by atoms with Gasteiger partial charge in [0.1, 0.15) is 11.3 Å². The molecule has 5 nitrogen and oxygen atoms in total. The maximum atomic E-state index is 13.2.